The van der Waals surface area contributed by atoms with Gasteiger partial charge in [-0.25, -0.2) is 9.13 Å². The maximum atomic E-state index is 14.1. The summed E-state index contributed by atoms with van der Waals surface area (Å²) in [6.07, 6.45) is 8.88. The molecule has 2 atom stereocenters. The van der Waals surface area contributed by atoms with E-state index in [1.54, 1.807) is 78.7 Å². The highest BCUT2D eigenvalue weighted by molar-refractivity contribution is 9.09. The average Bonchev–Trinajstić information content (AvgIpc) is 3.94. The summed E-state index contributed by atoms with van der Waals surface area (Å²) in [5.41, 5.74) is 3.28. The fourth-order valence-corrected chi connectivity index (χ4v) is 10.9. The molecule has 0 aromatic heterocycles. The lowest BCUT2D eigenvalue weighted by Crippen LogP contribution is -2.28. The van der Waals surface area contributed by atoms with Crippen molar-refractivity contribution in [3.8, 4) is 11.5 Å². The minimum atomic E-state index is -5.00. The number of phosphoric ester groups is 2. The predicted molar refractivity (Wildman–Crippen MR) is 290 cm³/mol. The van der Waals surface area contributed by atoms with Gasteiger partial charge in [0.1, 0.15) is 11.5 Å². The zero-order valence-corrected chi connectivity index (χ0v) is 44.9. The van der Waals surface area contributed by atoms with Gasteiger partial charge in [0.15, 0.2) is 0 Å². The molecule has 2 aliphatic heterocycles. The number of nitrogens with zero attached hydrogens (tertiary/aromatic N) is 3. The SMILES string of the molecule is CN(CCCCCCC(=O)NCCC(=O)Nc1cc(C=CC(=O)N2C[C@@H](CCl)c3c2cc(OP(=O)(O)O)c2ccccc32)ccc1C=CC(=O)N1C[C@@H](CCl)c2c1cc(OP(=O)(O)O)c1ccccc21)C(=O)CBr. The van der Waals surface area contributed by atoms with E-state index in [2.05, 4.69) is 26.6 Å². The van der Waals surface area contributed by atoms with E-state index in [0.29, 0.717) is 62.6 Å². The van der Waals surface area contributed by atoms with Gasteiger partial charge < -0.3 is 34.4 Å². The van der Waals surface area contributed by atoms with Gasteiger partial charge in [-0.2, -0.15) is 0 Å². The summed E-state index contributed by atoms with van der Waals surface area (Å²) in [5.74, 6) is -2.26. The zero-order valence-electron chi connectivity index (χ0n) is 40.0. The molecule has 7 rings (SSSR count). The van der Waals surface area contributed by atoms with E-state index in [1.807, 2.05) is 0 Å². The van der Waals surface area contributed by atoms with Crippen LogP contribution in [0.3, 0.4) is 0 Å². The first-order chi connectivity index (χ1) is 35.3. The maximum absolute atomic E-state index is 14.1. The van der Waals surface area contributed by atoms with Crippen molar-refractivity contribution in [3.63, 3.8) is 0 Å². The van der Waals surface area contributed by atoms with Gasteiger partial charge in [-0.1, -0.05) is 89.4 Å². The van der Waals surface area contributed by atoms with Crippen LogP contribution >= 0.6 is 54.8 Å². The van der Waals surface area contributed by atoms with E-state index in [0.717, 1.165) is 24.8 Å². The lowest BCUT2D eigenvalue weighted by molar-refractivity contribution is -0.127. The highest BCUT2D eigenvalue weighted by Gasteiger charge is 2.36. The van der Waals surface area contributed by atoms with E-state index >= 15 is 0 Å². The van der Waals surface area contributed by atoms with Crippen LogP contribution in [0, 0.1) is 0 Å². The van der Waals surface area contributed by atoms with Crippen LogP contribution in [0.1, 0.15) is 72.6 Å². The van der Waals surface area contributed by atoms with Crippen molar-refractivity contribution >= 4 is 135 Å². The Morgan fingerprint density at radius 1 is 0.703 bits per heavy atom. The van der Waals surface area contributed by atoms with Crippen LogP contribution in [0.4, 0.5) is 17.1 Å². The van der Waals surface area contributed by atoms with Crippen molar-refractivity contribution in [2.45, 2.75) is 50.4 Å². The molecule has 74 heavy (non-hydrogen) atoms. The Bertz CT molecular complexity index is 3130. The van der Waals surface area contributed by atoms with Crippen molar-refractivity contribution < 1.29 is 61.7 Å². The highest BCUT2D eigenvalue weighted by Crippen LogP contribution is 2.51. The molecule has 23 heteroatoms. The van der Waals surface area contributed by atoms with Crippen LogP contribution in [0.25, 0.3) is 33.7 Å². The molecule has 0 saturated heterocycles. The lowest BCUT2D eigenvalue weighted by Gasteiger charge is -2.18. The van der Waals surface area contributed by atoms with Gasteiger partial charge in [0.05, 0.1) is 16.7 Å². The second-order valence-electron chi connectivity index (χ2n) is 17.7. The van der Waals surface area contributed by atoms with Crippen LogP contribution in [0.15, 0.2) is 91.0 Å². The molecule has 0 saturated carbocycles. The lowest BCUT2D eigenvalue weighted by atomic mass is 9.95. The van der Waals surface area contributed by atoms with Gasteiger partial charge >= 0.3 is 15.6 Å². The molecule has 5 aromatic rings. The number of rotatable bonds is 22. The van der Waals surface area contributed by atoms with Crippen LogP contribution in [-0.2, 0) is 33.1 Å². The van der Waals surface area contributed by atoms with E-state index in [1.165, 1.54) is 46.2 Å². The molecule has 0 aliphatic carbocycles. The Hall–Kier alpha value is -5.59. The number of anilines is 3. The van der Waals surface area contributed by atoms with Crippen molar-refractivity contribution in [1.29, 1.82) is 0 Å². The third-order valence-electron chi connectivity index (χ3n) is 12.6. The fraction of sp³-hybridized carbons (Fsp3) is 0.314. The Labute approximate surface area is 445 Å². The van der Waals surface area contributed by atoms with Gasteiger partial charge in [-0.05, 0) is 64.1 Å². The monoisotopic (exact) mass is 1160 g/mol. The number of nitrogens with one attached hydrogen (secondary N) is 2. The minimum absolute atomic E-state index is 0.000944. The van der Waals surface area contributed by atoms with E-state index in [4.69, 9.17) is 32.2 Å². The largest absolute Gasteiger partial charge is 0.524 e. The number of hydrogen-bond acceptors (Lipinski definition) is 9. The maximum Gasteiger partial charge on any atom is 0.524 e. The predicted octanol–water partition coefficient (Wildman–Crippen LogP) is 8.95. The first-order valence-corrected chi connectivity index (χ1v) is 28.8. The first kappa shape index (κ1) is 56.1. The molecular formula is C51H54BrCl2N5O13P2. The van der Waals surface area contributed by atoms with Crippen LogP contribution in [0.5, 0.6) is 11.5 Å². The number of hydrogen-bond donors (Lipinski definition) is 6. The second kappa shape index (κ2) is 24.8. The Morgan fingerprint density at radius 2 is 1.22 bits per heavy atom. The van der Waals surface area contributed by atoms with Gasteiger partial charge in [0.25, 0.3) is 11.8 Å². The number of amides is 5. The molecular weight excluding hydrogens is 1100 g/mol. The number of halogens is 3. The first-order valence-electron chi connectivity index (χ1n) is 23.5. The van der Waals surface area contributed by atoms with Crippen molar-refractivity contribution in [1.82, 2.24) is 10.2 Å². The number of benzene rings is 5. The second-order valence-corrected chi connectivity index (χ2v) is 21.3. The summed E-state index contributed by atoms with van der Waals surface area (Å²) in [6, 6.07) is 21.5. The minimum Gasteiger partial charge on any atom is -0.404 e. The molecule has 18 nitrogen and oxygen atoms in total. The summed E-state index contributed by atoms with van der Waals surface area (Å²) < 4.78 is 34.1. The molecule has 0 spiro atoms. The normalized spacial score (nSPS) is 15.5. The summed E-state index contributed by atoms with van der Waals surface area (Å²) in [5, 5.41) is 8.02. The summed E-state index contributed by atoms with van der Waals surface area (Å²) in [6.45, 7) is 0.982. The standard InChI is InChI=1S/C51H54BrCl2N5O13P2/c1-57(49(64)27-52)23-9-3-2-4-14-45(60)55-22-21-46(61)56-40-24-32(16-19-47(62)58-30-34(28-53)50-38-12-7-5-10-36(38)43(25-41(50)58)71-73(65,66)67)15-17-33(40)18-20-48(63)59-31-35(29-54)51-39-13-8-6-11-37(39)44(26-42(51)59)72-74(68,69)70/h5-8,10-13,15-20,24-26,34-35H,2-4,9,14,21-23,27-31H2,1H3,(H,55,60)(H,56,61)(H2,65,66,67)(H2,68,69,70)/t34-,35-/m1/s1. The third kappa shape index (κ3) is 14.0. The molecule has 0 bridgehead atoms. The number of unbranched alkanes of at least 4 members (excludes halogenated alkanes) is 3. The molecule has 5 amide bonds. The average molecular weight is 1160 g/mol. The van der Waals surface area contributed by atoms with Gasteiger partial charge in [-0.15, -0.1) is 23.2 Å². The third-order valence-corrected chi connectivity index (χ3v) is 14.7. The molecule has 2 heterocycles. The Balaban J connectivity index is 1.11. The zero-order chi connectivity index (χ0) is 53.3. The topological polar surface area (TPSA) is 253 Å². The van der Waals surface area contributed by atoms with E-state index in [-0.39, 0.29) is 90.4 Å². The quantitative estimate of drug-likeness (QED) is 0.0164. The number of carbonyl (C=O) groups is 5. The van der Waals surface area contributed by atoms with E-state index < -0.39 is 33.4 Å². The Morgan fingerprint density at radius 3 is 1.73 bits per heavy atom. The molecule has 0 radical (unpaired) electrons. The number of carbonyl (C=O) groups excluding carboxylic acids is 5. The molecule has 6 N–H and O–H groups in total. The van der Waals surface area contributed by atoms with Crippen molar-refractivity contribution in [3.05, 3.63) is 113 Å². The number of alkyl halides is 3. The summed E-state index contributed by atoms with van der Waals surface area (Å²) in [7, 11) is -8.25. The molecule has 5 aromatic carbocycles. The molecule has 392 valence electrons. The molecule has 2 aliphatic rings. The van der Waals surface area contributed by atoms with Gasteiger partial charge in [0, 0.05) is 110 Å². The van der Waals surface area contributed by atoms with Crippen molar-refractivity contribution in [2.75, 3.05) is 65.4 Å². The van der Waals surface area contributed by atoms with Crippen LogP contribution in [0.2, 0.25) is 0 Å². The van der Waals surface area contributed by atoms with Crippen LogP contribution in [-0.4, -0.2) is 104 Å². The van der Waals surface area contributed by atoms with E-state index in [9.17, 15) is 52.7 Å². The summed E-state index contributed by atoms with van der Waals surface area (Å²) in [4.78, 5) is 109. The summed E-state index contributed by atoms with van der Waals surface area (Å²) >= 11 is 16.0. The molecule has 0 fully saturated rings. The number of phosphoric acid groups is 2. The highest BCUT2D eigenvalue weighted by atomic mass is 79.9. The van der Waals surface area contributed by atoms with Gasteiger partial charge in [-0.3, -0.25) is 43.5 Å². The van der Waals surface area contributed by atoms with Crippen molar-refractivity contribution in [2.24, 2.45) is 0 Å². The smallest absolute Gasteiger partial charge is 0.404 e. The fourth-order valence-electron chi connectivity index (χ4n) is 9.17. The van der Waals surface area contributed by atoms with Gasteiger partial charge in [0.2, 0.25) is 17.7 Å². The van der Waals surface area contributed by atoms with Crippen LogP contribution < -0.4 is 29.5 Å². The number of fused-ring (bicyclic) bond motifs is 6. The Kier molecular flexibility index (Phi) is 18.8. The molecule has 0 unspecified atom stereocenters.